The molecule has 1 aliphatic heterocycles. The monoisotopic (exact) mass is 191 g/mol. The molecule has 13 heavy (non-hydrogen) atoms. The summed E-state index contributed by atoms with van der Waals surface area (Å²) in [5, 5.41) is 0. The Morgan fingerprint density at radius 1 is 1.54 bits per heavy atom. The summed E-state index contributed by atoms with van der Waals surface area (Å²) in [6, 6.07) is 0.537. The molecule has 1 heterocycles. The fourth-order valence-corrected chi connectivity index (χ4v) is 2.14. The molecule has 3 heteroatoms. The predicted octanol–water partition coefficient (Wildman–Crippen LogP) is 2.56. The van der Waals surface area contributed by atoms with Crippen molar-refractivity contribution in [1.29, 1.82) is 0 Å². The zero-order valence-corrected chi connectivity index (χ0v) is 8.69. The Labute approximate surface area is 79.1 Å². The molecule has 0 aromatic rings. The second-order valence-electron chi connectivity index (χ2n) is 4.32. The fourth-order valence-electron chi connectivity index (χ4n) is 2.14. The highest BCUT2D eigenvalue weighted by Crippen LogP contribution is 2.33. The molecule has 1 nitrogen and oxygen atoms in total. The van der Waals surface area contributed by atoms with Gasteiger partial charge in [0.15, 0.2) is 5.67 Å². The van der Waals surface area contributed by atoms with Gasteiger partial charge in [-0.1, -0.05) is 6.92 Å². The summed E-state index contributed by atoms with van der Waals surface area (Å²) in [6.45, 7) is 5.52. The van der Waals surface area contributed by atoms with Crippen molar-refractivity contribution in [2.24, 2.45) is 0 Å². The standard InChI is InChI=1S/C10H19F2N/c1-4-9-5-10(12,6-11)7-13(9)8(2)3/h8-9H,4-7H2,1-3H3/t9-,10-/m1/s1. The third-order valence-corrected chi connectivity index (χ3v) is 2.91. The Morgan fingerprint density at radius 3 is 2.46 bits per heavy atom. The molecule has 1 rings (SSSR count). The lowest BCUT2D eigenvalue weighted by Crippen LogP contribution is -2.37. The lowest BCUT2D eigenvalue weighted by Gasteiger charge is -2.27. The van der Waals surface area contributed by atoms with E-state index in [1.165, 1.54) is 0 Å². The van der Waals surface area contributed by atoms with Crippen LogP contribution < -0.4 is 0 Å². The SMILES string of the molecule is CC[C@@H]1C[C@@](F)(CF)CN1C(C)C. The van der Waals surface area contributed by atoms with Gasteiger partial charge in [-0.15, -0.1) is 0 Å². The predicted molar refractivity (Wildman–Crippen MR) is 50.4 cm³/mol. The van der Waals surface area contributed by atoms with E-state index in [4.69, 9.17) is 0 Å². The first-order valence-electron chi connectivity index (χ1n) is 5.03. The van der Waals surface area contributed by atoms with Crippen molar-refractivity contribution in [1.82, 2.24) is 4.90 Å². The Balaban J connectivity index is 2.66. The maximum absolute atomic E-state index is 13.7. The van der Waals surface area contributed by atoms with Crippen molar-refractivity contribution in [3.63, 3.8) is 0 Å². The van der Waals surface area contributed by atoms with E-state index in [1.54, 1.807) is 0 Å². The normalized spacial score (nSPS) is 36.0. The lowest BCUT2D eigenvalue weighted by molar-refractivity contribution is 0.117. The van der Waals surface area contributed by atoms with Gasteiger partial charge in [0, 0.05) is 25.0 Å². The van der Waals surface area contributed by atoms with Crippen LogP contribution in [0.1, 0.15) is 33.6 Å². The molecule has 0 spiro atoms. The minimum absolute atomic E-state index is 0.223. The van der Waals surface area contributed by atoms with Crippen LogP contribution in [0.15, 0.2) is 0 Å². The highest BCUT2D eigenvalue weighted by atomic mass is 19.2. The fraction of sp³-hybridized carbons (Fsp3) is 1.00. The number of alkyl halides is 2. The molecule has 2 atom stereocenters. The summed E-state index contributed by atoms with van der Waals surface area (Å²) in [5.74, 6) is 0. The highest BCUT2D eigenvalue weighted by Gasteiger charge is 2.44. The molecule has 1 saturated heterocycles. The van der Waals surface area contributed by atoms with Gasteiger partial charge in [-0.25, -0.2) is 8.78 Å². The van der Waals surface area contributed by atoms with Gasteiger partial charge in [0.2, 0.25) is 0 Å². The first kappa shape index (κ1) is 10.9. The van der Waals surface area contributed by atoms with Crippen molar-refractivity contribution < 1.29 is 8.78 Å². The molecule has 0 saturated carbocycles. The summed E-state index contributed by atoms with van der Waals surface area (Å²) in [7, 11) is 0. The van der Waals surface area contributed by atoms with Crippen LogP contribution in [0.5, 0.6) is 0 Å². The molecular formula is C10H19F2N. The molecule has 0 aromatic heterocycles. The second-order valence-corrected chi connectivity index (χ2v) is 4.32. The van der Waals surface area contributed by atoms with Crippen LogP contribution in [0.2, 0.25) is 0 Å². The Morgan fingerprint density at radius 2 is 2.15 bits per heavy atom. The van der Waals surface area contributed by atoms with E-state index >= 15 is 0 Å². The number of nitrogens with zero attached hydrogens (tertiary/aromatic N) is 1. The van der Waals surface area contributed by atoms with E-state index < -0.39 is 12.3 Å². The van der Waals surface area contributed by atoms with Crippen LogP contribution in [-0.2, 0) is 0 Å². The molecular weight excluding hydrogens is 172 g/mol. The third-order valence-electron chi connectivity index (χ3n) is 2.91. The van der Waals surface area contributed by atoms with E-state index in [0.29, 0.717) is 12.5 Å². The van der Waals surface area contributed by atoms with Crippen molar-refractivity contribution in [2.45, 2.75) is 51.4 Å². The first-order chi connectivity index (χ1) is 6.02. The Kier molecular flexibility index (Phi) is 3.28. The quantitative estimate of drug-likeness (QED) is 0.662. The maximum atomic E-state index is 13.7. The van der Waals surface area contributed by atoms with Crippen molar-refractivity contribution in [3.05, 3.63) is 0 Å². The number of hydrogen-bond acceptors (Lipinski definition) is 1. The summed E-state index contributed by atoms with van der Waals surface area (Å²) < 4.78 is 26.1. The van der Waals surface area contributed by atoms with Gasteiger partial charge in [-0.2, -0.15) is 0 Å². The summed E-state index contributed by atoms with van der Waals surface area (Å²) in [5.41, 5.74) is -1.58. The van der Waals surface area contributed by atoms with E-state index in [2.05, 4.69) is 4.90 Å². The van der Waals surface area contributed by atoms with E-state index in [0.717, 1.165) is 6.42 Å². The summed E-state index contributed by atoms with van der Waals surface area (Å²) >= 11 is 0. The van der Waals surface area contributed by atoms with Crippen LogP contribution in [0.3, 0.4) is 0 Å². The molecule has 0 bridgehead atoms. The van der Waals surface area contributed by atoms with E-state index in [1.807, 2.05) is 20.8 Å². The largest absolute Gasteiger partial charge is 0.295 e. The first-order valence-corrected chi connectivity index (χ1v) is 5.03. The molecule has 1 fully saturated rings. The van der Waals surface area contributed by atoms with Gasteiger partial charge in [0.1, 0.15) is 6.67 Å². The molecule has 0 amide bonds. The van der Waals surface area contributed by atoms with Crippen molar-refractivity contribution in [2.75, 3.05) is 13.2 Å². The zero-order valence-electron chi connectivity index (χ0n) is 8.69. The molecule has 0 N–H and O–H groups in total. The Hall–Kier alpha value is -0.180. The van der Waals surface area contributed by atoms with Gasteiger partial charge in [-0.3, -0.25) is 4.90 Å². The van der Waals surface area contributed by atoms with Gasteiger partial charge in [0.05, 0.1) is 0 Å². The minimum Gasteiger partial charge on any atom is -0.295 e. The average molecular weight is 191 g/mol. The van der Waals surface area contributed by atoms with Gasteiger partial charge in [0.25, 0.3) is 0 Å². The molecule has 0 aliphatic carbocycles. The van der Waals surface area contributed by atoms with Crippen LogP contribution in [0.4, 0.5) is 8.78 Å². The van der Waals surface area contributed by atoms with Gasteiger partial charge < -0.3 is 0 Å². The lowest BCUT2D eigenvalue weighted by atomic mass is 10.0. The number of rotatable bonds is 3. The second kappa shape index (κ2) is 3.91. The van der Waals surface area contributed by atoms with Crippen molar-refractivity contribution >= 4 is 0 Å². The smallest absolute Gasteiger partial charge is 0.153 e. The number of likely N-dealkylation sites (tertiary alicyclic amines) is 1. The van der Waals surface area contributed by atoms with Gasteiger partial charge in [-0.05, 0) is 20.3 Å². The topological polar surface area (TPSA) is 3.24 Å². The maximum Gasteiger partial charge on any atom is 0.153 e. The molecule has 78 valence electrons. The number of halogens is 2. The molecule has 0 unspecified atom stereocenters. The van der Waals surface area contributed by atoms with E-state index in [-0.39, 0.29) is 12.6 Å². The average Bonchev–Trinajstić information content (AvgIpc) is 2.44. The molecule has 1 aliphatic rings. The zero-order chi connectivity index (χ0) is 10.1. The van der Waals surface area contributed by atoms with Crippen LogP contribution in [0, 0.1) is 0 Å². The van der Waals surface area contributed by atoms with Gasteiger partial charge >= 0.3 is 0 Å². The summed E-state index contributed by atoms with van der Waals surface area (Å²) in [6.07, 6.45) is 1.27. The van der Waals surface area contributed by atoms with E-state index in [9.17, 15) is 8.78 Å². The highest BCUT2D eigenvalue weighted by molar-refractivity contribution is 4.97. The summed E-state index contributed by atoms with van der Waals surface area (Å²) in [4.78, 5) is 2.07. The Bertz CT molecular complexity index is 172. The third kappa shape index (κ3) is 2.19. The van der Waals surface area contributed by atoms with Crippen LogP contribution in [-0.4, -0.2) is 35.9 Å². The minimum atomic E-state index is -1.58. The molecule has 0 aromatic carbocycles. The number of hydrogen-bond donors (Lipinski definition) is 0. The molecule has 0 radical (unpaired) electrons. The van der Waals surface area contributed by atoms with Crippen LogP contribution in [0.25, 0.3) is 0 Å². The van der Waals surface area contributed by atoms with Crippen LogP contribution >= 0.6 is 0 Å². The van der Waals surface area contributed by atoms with Crippen molar-refractivity contribution in [3.8, 4) is 0 Å².